The molecular formula is C14H20N2O4. The van der Waals surface area contributed by atoms with E-state index < -0.39 is 11.6 Å². The van der Waals surface area contributed by atoms with E-state index in [4.69, 9.17) is 14.6 Å². The van der Waals surface area contributed by atoms with E-state index in [2.05, 4.69) is 9.97 Å². The molecule has 110 valence electrons. The Morgan fingerprint density at radius 3 is 2.30 bits per heavy atom. The summed E-state index contributed by atoms with van der Waals surface area (Å²) < 4.78 is 11.0. The molecule has 0 aliphatic carbocycles. The van der Waals surface area contributed by atoms with E-state index in [1.54, 1.807) is 7.11 Å². The summed E-state index contributed by atoms with van der Waals surface area (Å²) in [6, 6.07) is 0. The Hall–Kier alpha value is -1.53. The van der Waals surface area contributed by atoms with Gasteiger partial charge < -0.3 is 14.6 Å². The maximum Gasteiger partial charge on any atom is 0.307 e. The Balaban J connectivity index is 2.40. The number of hydrogen-bond donors (Lipinski definition) is 1. The number of carboxylic acids is 1. The topological polar surface area (TPSA) is 81.5 Å². The molecule has 6 heteroatoms. The SMILES string of the molecule is COC1(c2nc(C)c(CC(=O)O)c(C)n2)CCOCC1. The molecule has 1 aromatic rings. The van der Waals surface area contributed by atoms with Crippen molar-refractivity contribution >= 4 is 5.97 Å². The fourth-order valence-corrected chi connectivity index (χ4v) is 2.57. The highest BCUT2D eigenvalue weighted by atomic mass is 16.5. The van der Waals surface area contributed by atoms with Gasteiger partial charge in [0, 0.05) is 50.1 Å². The van der Waals surface area contributed by atoms with E-state index in [9.17, 15) is 4.79 Å². The number of aliphatic carboxylic acids is 1. The van der Waals surface area contributed by atoms with Crippen LogP contribution in [0.25, 0.3) is 0 Å². The van der Waals surface area contributed by atoms with Crippen molar-refractivity contribution in [2.75, 3.05) is 20.3 Å². The fourth-order valence-electron chi connectivity index (χ4n) is 2.57. The van der Waals surface area contributed by atoms with Crippen LogP contribution in [0.2, 0.25) is 0 Å². The molecule has 0 unspecified atom stereocenters. The summed E-state index contributed by atoms with van der Waals surface area (Å²) in [7, 11) is 1.66. The highest BCUT2D eigenvalue weighted by molar-refractivity contribution is 5.70. The minimum absolute atomic E-state index is 0.0545. The van der Waals surface area contributed by atoms with Gasteiger partial charge in [0.1, 0.15) is 5.60 Å². The molecule has 1 N–H and O–H groups in total. The van der Waals surface area contributed by atoms with Crippen molar-refractivity contribution in [1.29, 1.82) is 0 Å². The smallest absolute Gasteiger partial charge is 0.307 e. The number of hydrogen-bond acceptors (Lipinski definition) is 5. The second-order valence-electron chi connectivity index (χ2n) is 5.08. The summed E-state index contributed by atoms with van der Waals surface area (Å²) in [4.78, 5) is 19.9. The summed E-state index contributed by atoms with van der Waals surface area (Å²) >= 11 is 0. The molecule has 1 fully saturated rings. The molecule has 2 rings (SSSR count). The summed E-state index contributed by atoms with van der Waals surface area (Å²) in [6.07, 6.45) is 1.36. The number of nitrogens with zero attached hydrogens (tertiary/aromatic N) is 2. The van der Waals surface area contributed by atoms with Crippen molar-refractivity contribution in [3.05, 3.63) is 22.8 Å². The van der Waals surface area contributed by atoms with Crippen LogP contribution in [0, 0.1) is 13.8 Å². The Morgan fingerprint density at radius 1 is 1.30 bits per heavy atom. The molecule has 1 aromatic heterocycles. The van der Waals surface area contributed by atoms with Crippen molar-refractivity contribution in [3.63, 3.8) is 0 Å². The lowest BCUT2D eigenvalue weighted by Gasteiger charge is -2.34. The van der Waals surface area contributed by atoms with Crippen molar-refractivity contribution < 1.29 is 19.4 Å². The highest BCUT2D eigenvalue weighted by Crippen LogP contribution is 2.34. The summed E-state index contributed by atoms with van der Waals surface area (Å²) in [6.45, 7) is 4.87. The second kappa shape index (κ2) is 5.85. The molecule has 1 saturated heterocycles. The third-order valence-corrected chi connectivity index (χ3v) is 3.85. The van der Waals surface area contributed by atoms with Gasteiger partial charge >= 0.3 is 5.97 Å². The van der Waals surface area contributed by atoms with Gasteiger partial charge in [0.2, 0.25) is 0 Å². The standard InChI is InChI=1S/C14H20N2O4/c1-9-11(8-12(17)18)10(2)16-13(15-9)14(19-3)4-6-20-7-5-14/h4-8H2,1-3H3,(H,17,18). The number of aromatic nitrogens is 2. The lowest BCUT2D eigenvalue weighted by atomic mass is 9.92. The number of carbonyl (C=O) groups is 1. The van der Waals surface area contributed by atoms with E-state index in [-0.39, 0.29) is 6.42 Å². The van der Waals surface area contributed by atoms with E-state index in [1.165, 1.54) is 0 Å². The lowest BCUT2D eigenvalue weighted by Crippen LogP contribution is -2.38. The first-order valence-corrected chi connectivity index (χ1v) is 6.68. The normalized spacial score (nSPS) is 17.9. The molecule has 0 amide bonds. The van der Waals surface area contributed by atoms with Crippen molar-refractivity contribution in [2.24, 2.45) is 0 Å². The number of methoxy groups -OCH3 is 1. The Bertz CT molecular complexity index is 487. The van der Waals surface area contributed by atoms with Gasteiger partial charge in [0.25, 0.3) is 0 Å². The van der Waals surface area contributed by atoms with Crippen LogP contribution in [0.5, 0.6) is 0 Å². The maximum absolute atomic E-state index is 10.9. The molecule has 1 aliphatic heterocycles. The zero-order valence-electron chi connectivity index (χ0n) is 12.1. The maximum atomic E-state index is 10.9. The van der Waals surface area contributed by atoms with Crippen LogP contribution in [0.3, 0.4) is 0 Å². The average Bonchev–Trinajstić information content (AvgIpc) is 2.43. The van der Waals surface area contributed by atoms with Gasteiger partial charge in [-0.3, -0.25) is 4.79 Å². The lowest BCUT2D eigenvalue weighted by molar-refractivity contribution is -0.136. The first kappa shape index (κ1) is 14.9. The Morgan fingerprint density at radius 2 is 1.85 bits per heavy atom. The van der Waals surface area contributed by atoms with Crippen molar-refractivity contribution in [1.82, 2.24) is 9.97 Å². The molecule has 0 atom stereocenters. The predicted molar refractivity (Wildman–Crippen MR) is 71.6 cm³/mol. The molecule has 2 heterocycles. The number of aryl methyl sites for hydroxylation is 2. The molecule has 0 bridgehead atoms. The van der Waals surface area contributed by atoms with Crippen LogP contribution in [0.15, 0.2) is 0 Å². The second-order valence-corrected chi connectivity index (χ2v) is 5.08. The Kier molecular flexibility index (Phi) is 4.35. The minimum Gasteiger partial charge on any atom is -0.481 e. The predicted octanol–water partition coefficient (Wildman–Crippen LogP) is 1.37. The fraction of sp³-hybridized carbons (Fsp3) is 0.643. The van der Waals surface area contributed by atoms with Crippen LogP contribution in [0.4, 0.5) is 0 Å². The molecule has 1 aliphatic rings. The van der Waals surface area contributed by atoms with E-state index >= 15 is 0 Å². The van der Waals surface area contributed by atoms with Gasteiger partial charge in [-0.15, -0.1) is 0 Å². The van der Waals surface area contributed by atoms with Crippen LogP contribution in [-0.4, -0.2) is 41.4 Å². The monoisotopic (exact) mass is 280 g/mol. The van der Waals surface area contributed by atoms with Gasteiger partial charge in [-0.05, 0) is 13.8 Å². The van der Waals surface area contributed by atoms with E-state index in [1.807, 2.05) is 13.8 Å². The van der Waals surface area contributed by atoms with Gasteiger partial charge in [0.05, 0.1) is 6.42 Å². The summed E-state index contributed by atoms with van der Waals surface area (Å²) in [5, 5.41) is 8.93. The number of ether oxygens (including phenoxy) is 2. The van der Waals surface area contributed by atoms with Crippen LogP contribution < -0.4 is 0 Å². The molecular weight excluding hydrogens is 260 g/mol. The summed E-state index contributed by atoms with van der Waals surface area (Å²) in [5.41, 5.74) is 1.57. The van der Waals surface area contributed by atoms with Crippen LogP contribution in [0.1, 0.15) is 35.6 Å². The number of rotatable bonds is 4. The highest BCUT2D eigenvalue weighted by Gasteiger charge is 2.38. The minimum atomic E-state index is -0.875. The largest absolute Gasteiger partial charge is 0.481 e. The average molecular weight is 280 g/mol. The Labute approximate surface area is 118 Å². The molecule has 0 radical (unpaired) electrons. The van der Waals surface area contributed by atoms with Gasteiger partial charge in [-0.1, -0.05) is 0 Å². The van der Waals surface area contributed by atoms with Gasteiger partial charge in [0.15, 0.2) is 5.82 Å². The molecule has 6 nitrogen and oxygen atoms in total. The van der Waals surface area contributed by atoms with Crippen LogP contribution in [-0.2, 0) is 26.3 Å². The zero-order valence-corrected chi connectivity index (χ0v) is 12.1. The first-order chi connectivity index (χ1) is 9.48. The van der Waals surface area contributed by atoms with Gasteiger partial charge in [-0.25, -0.2) is 9.97 Å². The summed E-state index contributed by atoms with van der Waals surface area (Å²) in [5.74, 6) is -0.243. The molecule has 0 saturated carbocycles. The quantitative estimate of drug-likeness (QED) is 0.897. The third-order valence-electron chi connectivity index (χ3n) is 3.85. The molecule has 0 spiro atoms. The van der Waals surface area contributed by atoms with E-state index in [0.717, 1.165) is 0 Å². The van der Waals surface area contributed by atoms with Crippen molar-refractivity contribution in [2.45, 2.75) is 38.7 Å². The van der Waals surface area contributed by atoms with Gasteiger partial charge in [-0.2, -0.15) is 0 Å². The number of carboxylic acid groups (broad SMARTS) is 1. The zero-order chi connectivity index (χ0) is 14.8. The van der Waals surface area contributed by atoms with Crippen molar-refractivity contribution in [3.8, 4) is 0 Å². The third kappa shape index (κ3) is 2.81. The molecule has 0 aromatic carbocycles. The van der Waals surface area contributed by atoms with E-state index in [0.29, 0.717) is 48.8 Å². The molecule has 20 heavy (non-hydrogen) atoms. The first-order valence-electron chi connectivity index (χ1n) is 6.68. The van der Waals surface area contributed by atoms with Crippen LogP contribution >= 0.6 is 0 Å².